The average Bonchev–Trinajstić information content (AvgIpc) is 3.12. The lowest BCUT2D eigenvalue weighted by Gasteiger charge is -2.09. The molecule has 4 aromatic rings. The molecule has 0 saturated carbocycles. The van der Waals surface area contributed by atoms with Crippen molar-refractivity contribution in [3.8, 4) is 28.3 Å². The number of aromatic nitrogens is 3. The predicted molar refractivity (Wildman–Crippen MR) is 102 cm³/mol. The van der Waals surface area contributed by atoms with Crippen LogP contribution in [0.2, 0.25) is 0 Å². The molecule has 0 aliphatic carbocycles. The molecule has 4 nitrogen and oxygen atoms in total. The lowest BCUT2D eigenvalue weighted by molar-refractivity contribution is 0.415. The molecule has 2 aromatic carbocycles. The maximum absolute atomic E-state index is 5.36. The van der Waals surface area contributed by atoms with Crippen molar-refractivity contribution in [1.82, 2.24) is 14.4 Å². The molecule has 0 spiro atoms. The highest BCUT2D eigenvalue weighted by atomic mass is 32.2. The minimum atomic E-state index is 0.829. The van der Waals surface area contributed by atoms with Crippen LogP contribution in [0.15, 0.2) is 72.0 Å². The highest BCUT2D eigenvalue weighted by molar-refractivity contribution is 7.98. The molecule has 0 radical (unpaired) electrons. The maximum atomic E-state index is 5.36. The molecule has 0 aliphatic heterocycles. The van der Waals surface area contributed by atoms with Gasteiger partial charge in [0.1, 0.15) is 10.8 Å². The van der Waals surface area contributed by atoms with E-state index in [4.69, 9.17) is 9.72 Å². The molecule has 2 heterocycles. The summed E-state index contributed by atoms with van der Waals surface area (Å²) in [5.41, 5.74) is 4.96. The summed E-state index contributed by atoms with van der Waals surface area (Å²) < 4.78 is 7.46. The monoisotopic (exact) mass is 347 g/mol. The normalized spacial score (nSPS) is 11.0. The molecule has 5 heteroatoms. The summed E-state index contributed by atoms with van der Waals surface area (Å²) in [6, 6.07) is 18.2. The van der Waals surface area contributed by atoms with Gasteiger partial charge in [-0.2, -0.15) is 0 Å². The van der Waals surface area contributed by atoms with Gasteiger partial charge in [0.15, 0.2) is 5.65 Å². The van der Waals surface area contributed by atoms with Gasteiger partial charge >= 0.3 is 0 Å². The van der Waals surface area contributed by atoms with Crippen molar-refractivity contribution in [2.75, 3.05) is 13.4 Å². The first-order valence-corrected chi connectivity index (χ1v) is 9.14. The van der Waals surface area contributed by atoms with Crippen LogP contribution in [0.5, 0.6) is 5.75 Å². The van der Waals surface area contributed by atoms with Crippen LogP contribution in [0.1, 0.15) is 0 Å². The van der Waals surface area contributed by atoms with Gasteiger partial charge in [0.05, 0.1) is 24.7 Å². The molecule has 2 aromatic heterocycles. The molecule has 0 N–H and O–H groups in total. The molecule has 0 bridgehead atoms. The van der Waals surface area contributed by atoms with Gasteiger partial charge < -0.3 is 4.74 Å². The second kappa shape index (κ2) is 6.61. The van der Waals surface area contributed by atoms with Crippen LogP contribution in [0.3, 0.4) is 0 Å². The molecular weight excluding hydrogens is 330 g/mol. The first kappa shape index (κ1) is 15.7. The van der Waals surface area contributed by atoms with E-state index < -0.39 is 0 Å². The Kier molecular flexibility index (Phi) is 4.15. The van der Waals surface area contributed by atoms with Crippen LogP contribution in [0, 0.1) is 0 Å². The zero-order valence-electron chi connectivity index (χ0n) is 14.0. The van der Waals surface area contributed by atoms with Gasteiger partial charge in [-0.15, -0.1) is 11.8 Å². The van der Waals surface area contributed by atoms with Crippen LogP contribution in [0.25, 0.3) is 28.2 Å². The summed E-state index contributed by atoms with van der Waals surface area (Å²) >= 11 is 1.60. The molecule has 4 rings (SSSR count). The second-order valence-electron chi connectivity index (χ2n) is 5.57. The standard InChI is InChI=1S/C20H17N3OS/c1-24-16-10-6-9-15(11-16)18-12-21-19-20(25-2)22-17(13-23(18)19)14-7-4-3-5-8-14/h3-13H,1-2H3. The van der Waals surface area contributed by atoms with Crippen LogP contribution in [-0.4, -0.2) is 27.7 Å². The number of hydrogen-bond donors (Lipinski definition) is 0. The van der Waals surface area contributed by atoms with Crippen molar-refractivity contribution >= 4 is 17.4 Å². The number of methoxy groups -OCH3 is 1. The molecule has 0 amide bonds. The maximum Gasteiger partial charge on any atom is 0.170 e. The highest BCUT2D eigenvalue weighted by Crippen LogP contribution is 2.30. The summed E-state index contributed by atoms with van der Waals surface area (Å²) in [5, 5.41) is 0.912. The number of hydrogen-bond acceptors (Lipinski definition) is 4. The van der Waals surface area contributed by atoms with Crippen molar-refractivity contribution in [1.29, 1.82) is 0 Å². The number of nitrogens with zero attached hydrogens (tertiary/aromatic N) is 3. The van der Waals surface area contributed by atoms with Gasteiger partial charge in [-0.3, -0.25) is 4.40 Å². The largest absolute Gasteiger partial charge is 0.497 e. The Morgan fingerprint density at radius 1 is 1.00 bits per heavy atom. The molecule has 0 atom stereocenters. The van der Waals surface area contributed by atoms with Crippen LogP contribution in [0.4, 0.5) is 0 Å². The van der Waals surface area contributed by atoms with E-state index in [0.29, 0.717) is 0 Å². The Morgan fingerprint density at radius 3 is 2.56 bits per heavy atom. The number of imidazole rings is 1. The van der Waals surface area contributed by atoms with Crippen molar-refractivity contribution in [3.05, 3.63) is 67.0 Å². The van der Waals surface area contributed by atoms with E-state index in [9.17, 15) is 0 Å². The van der Waals surface area contributed by atoms with Gasteiger partial charge in [-0.05, 0) is 18.4 Å². The Hall–Kier alpha value is -2.79. The molecule has 124 valence electrons. The first-order valence-electron chi connectivity index (χ1n) is 7.92. The van der Waals surface area contributed by atoms with E-state index >= 15 is 0 Å². The first-order chi connectivity index (χ1) is 12.3. The van der Waals surface area contributed by atoms with E-state index in [2.05, 4.69) is 27.6 Å². The average molecular weight is 347 g/mol. The van der Waals surface area contributed by atoms with Crippen LogP contribution < -0.4 is 4.74 Å². The number of thioether (sulfide) groups is 1. The Labute approximate surface area is 150 Å². The summed E-state index contributed by atoms with van der Waals surface area (Å²) in [5.74, 6) is 0.829. The fourth-order valence-electron chi connectivity index (χ4n) is 2.84. The molecule has 0 aliphatic rings. The summed E-state index contributed by atoms with van der Waals surface area (Å²) in [6.07, 6.45) is 5.96. The Balaban J connectivity index is 1.95. The minimum Gasteiger partial charge on any atom is -0.497 e. The summed E-state index contributed by atoms with van der Waals surface area (Å²) in [6.45, 7) is 0. The van der Waals surface area contributed by atoms with E-state index in [1.165, 1.54) is 0 Å². The zero-order chi connectivity index (χ0) is 17.2. The van der Waals surface area contributed by atoms with E-state index in [1.807, 2.05) is 55.0 Å². The predicted octanol–water partition coefficient (Wildman–Crippen LogP) is 4.79. The van der Waals surface area contributed by atoms with Gasteiger partial charge in [0.25, 0.3) is 0 Å². The van der Waals surface area contributed by atoms with Gasteiger partial charge in [-0.1, -0.05) is 42.5 Å². The number of rotatable bonds is 4. The molecule has 0 fully saturated rings. The second-order valence-corrected chi connectivity index (χ2v) is 6.37. The van der Waals surface area contributed by atoms with E-state index in [-0.39, 0.29) is 0 Å². The van der Waals surface area contributed by atoms with Gasteiger partial charge in [-0.25, -0.2) is 9.97 Å². The molecular formula is C20H17N3OS. The lowest BCUT2D eigenvalue weighted by Crippen LogP contribution is -1.96. The minimum absolute atomic E-state index is 0.829. The Morgan fingerprint density at radius 2 is 1.80 bits per heavy atom. The highest BCUT2D eigenvalue weighted by Gasteiger charge is 2.13. The van der Waals surface area contributed by atoms with Crippen LogP contribution >= 0.6 is 11.8 Å². The topological polar surface area (TPSA) is 39.4 Å². The number of benzene rings is 2. The van der Waals surface area contributed by atoms with E-state index in [1.54, 1.807) is 18.9 Å². The smallest absolute Gasteiger partial charge is 0.170 e. The third kappa shape index (κ3) is 2.87. The van der Waals surface area contributed by atoms with Crippen LogP contribution in [-0.2, 0) is 0 Å². The van der Waals surface area contributed by atoms with Gasteiger partial charge in [0, 0.05) is 17.3 Å². The summed E-state index contributed by atoms with van der Waals surface area (Å²) in [7, 11) is 1.68. The SMILES string of the molecule is COc1cccc(-c2cnc3c(SC)nc(-c4ccccc4)cn23)c1. The lowest BCUT2D eigenvalue weighted by atomic mass is 10.1. The molecule has 25 heavy (non-hydrogen) atoms. The molecule has 0 saturated heterocycles. The fourth-order valence-corrected chi connectivity index (χ4v) is 3.36. The third-order valence-electron chi connectivity index (χ3n) is 4.09. The van der Waals surface area contributed by atoms with Crippen molar-refractivity contribution < 1.29 is 4.74 Å². The number of ether oxygens (including phenoxy) is 1. The molecule has 0 unspecified atom stereocenters. The van der Waals surface area contributed by atoms with Gasteiger partial charge in [0.2, 0.25) is 0 Å². The fraction of sp³-hybridized carbons (Fsp3) is 0.100. The third-order valence-corrected chi connectivity index (χ3v) is 4.75. The van der Waals surface area contributed by atoms with Crippen molar-refractivity contribution in [2.24, 2.45) is 0 Å². The van der Waals surface area contributed by atoms with Crippen molar-refractivity contribution in [2.45, 2.75) is 5.03 Å². The Bertz CT molecular complexity index is 1030. The zero-order valence-corrected chi connectivity index (χ0v) is 14.8. The quantitative estimate of drug-likeness (QED) is 0.497. The van der Waals surface area contributed by atoms with Crippen molar-refractivity contribution in [3.63, 3.8) is 0 Å². The number of fused-ring (bicyclic) bond motifs is 1. The van der Waals surface area contributed by atoms with E-state index in [0.717, 1.165) is 38.9 Å². The summed E-state index contributed by atoms with van der Waals surface area (Å²) in [4.78, 5) is 9.38.